The third-order valence-electron chi connectivity index (χ3n) is 1.70. The topological polar surface area (TPSA) is 113 Å². The van der Waals surface area contributed by atoms with Crippen LogP contribution in [-0.2, 0) is 19.1 Å². The van der Waals surface area contributed by atoms with E-state index in [1.165, 1.54) is 0 Å². The van der Waals surface area contributed by atoms with Gasteiger partial charge in [-0.3, -0.25) is 0 Å². The summed E-state index contributed by atoms with van der Waals surface area (Å²) in [6.07, 6.45) is 0.600. The molecule has 0 saturated carbocycles. The zero-order valence-corrected chi connectivity index (χ0v) is 11.6. The summed E-state index contributed by atoms with van der Waals surface area (Å²) >= 11 is 0. The van der Waals surface area contributed by atoms with Gasteiger partial charge < -0.3 is 24.8 Å². The quantitative estimate of drug-likeness (QED) is 0.315. The van der Waals surface area contributed by atoms with E-state index in [-0.39, 0.29) is 26.4 Å². The van der Waals surface area contributed by atoms with Gasteiger partial charge >= 0.3 is 11.9 Å². The van der Waals surface area contributed by atoms with Gasteiger partial charge in [0.05, 0.1) is 26.4 Å². The Balaban J connectivity index is 0. The molecule has 0 aromatic heterocycles. The Bertz CT molecular complexity index is 308. The summed E-state index contributed by atoms with van der Waals surface area (Å²) in [6, 6.07) is 0. The summed E-state index contributed by atoms with van der Waals surface area (Å²) in [6.45, 7) is 7.94. The fourth-order valence-corrected chi connectivity index (χ4v) is 0.636. The molecule has 0 fully saturated rings. The zero-order valence-electron chi connectivity index (χ0n) is 11.6. The predicted molar refractivity (Wildman–Crippen MR) is 71.7 cm³/mol. The minimum Gasteiger partial charge on any atom is -0.462 e. The van der Waals surface area contributed by atoms with E-state index in [1.54, 1.807) is 6.92 Å². The molecule has 20 heavy (non-hydrogen) atoms. The van der Waals surface area contributed by atoms with Gasteiger partial charge in [-0.2, -0.15) is 0 Å². The standard InChI is InChI=1S/C10H14O4.C3H8O3/c1-4-9(11)13-6-5-7-14-10(12)8(2)3;4-1-3(6)2-5/h4H,1-2,5-7H2,3H3;3-6H,1-2H2. The van der Waals surface area contributed by atoms with E-state index in [2.05, 4.69) is 17.9 Å². The highest BCUT2D eigenvalue weighted by molar-refractivity contribution is 5.86. The molecule has 3 N–H and O–H groups in total. The van der Waals surface area contributed by atoms with Crippen molar-refractivity contribution in [3.8, 4) is 0 Å². The first kappa shape index (κ1) is 20.6. The van der Waals surface area contributed by atoms with Crippen LogP contribution in [0.2, 0.25) is 0 Å². The number of rotatable bonds is 8. The lowest BCUT2D eigenvalue weighted by Gasteiger charge is -2.04. The molecule has 0 amide bonds. The van der Waals surface area contributed by atoms with Gasteiger partial charge in [-0.15, -0.1) is 0 Å². The lowest BCUT2D eigenvalue weighted by Crippen LogP contribution is -2.15. The second kappa shape index (κ2) is 13.7. The lowest BCUT2D eigenvalue weighted by atomic mass is 10.4. The van der Waals surface area contributed by atoms with Crippen LogP contribution < -0.4 is 0 Å². The normalized spacial score (nSPS) is 9.25. The molecule has 0 radical (unpaired) electrons. The number of aliphatic hydroxyl groups excluding tert-OH is 3. The Morgan fingerprint density at radius 3 is 2.05 bits per heavy atom. The molecule has 7 nitrogen and oxygen atoms in total. The van der Waals surface area contributed by atoms with Crippen molar-refractivity contribution >= 4 is 11.9 Å². The molecule has 0 unspecified atom stereocenters. The van der Waals surface area contributed by atoms with Crippen LogP contribution in [0.3, 0.4) is 0 Å². The fraction of sp³-hybridized carbons (Fsp3) is 0.538. The largest absolute Gasteiger partial charge is 0.462 e. The number of esters is 2. The van der Waals surface area contributed by atoms with Crippen LogP contribution >= 0.6 is 0 Å². The minimum absolute atomic E-state index is 0.217. The van der Waals surface area contributed by atoms with E-state index in [0.29, 0.717) is 12.0 Å². The van der Waals surface area contributed by atoms with Crippen LogP contribution in [0.15, 0.2) is 24.8 Å². The Labute approximate surface area is 118 Å². The average Bonchev–Trinajstić information content (AvgIpc) is 2.45. The van der Waals surface area contributed by atoms with Gasteiger partial charge in [-0.05, 0) is 6.92 Å². The van der Waals surface area contributed by atoms with Crippen LogP contribution in [0, 0.1) is 0 Å². The molecular weight excluding hydrogens is 268 g/mol. The first-order valence-corrected chi connectivity index (χ1v) is 5.90. The smallest absolute Gasteiger partial charge is 0.333 e. The molecule has 0 rings (SSSR count). The van der Waals surface area contributed by atoms with Crippen LogP contribution in [0.5, 0.6) is 0 Å². The van der Waals surface area contributed by atoms with Crippen molar-refractivity contribution in [1.82, 2.24) is 0 Å². The zero-order chi connectivity index (χ0) is 16.0. The third-order valence-corrected chi connectivity index (χ3v) is 1.70. The Kier molecular flexibility index (Phi) is 14.1. The van der Waals surface area contributed by atoms with Gasteiger partial charge in [0.2, 0.25) is 0 Å². The molecule has 7 heteroatoms. The second-order valence-corrected chi connectivity index (χ2v) is 3.66. The molecule has 0 bridgehead atoms. The van der Waals surface area contributed by atoms with Crippen molar-refractivity contribution in [3.05, 3.63) is 24.8 Å². The van der Waals surface area contributed by atoms with Crippen LogP contribution in [0.1, 0.15) is 13.3 Å². The van der Waals surface area contributed by atoms with Crippen molar-refractivity contribution in [2.45, 2.75) is 19.4 Å². The molecule has 0 saturated heterocycles. The maximum atomic E-state index is 10.9. The van der Waals surface area contributed by atoms with Gasteiger partial charge in [-0.1, -0.05) is 13.2 Å². The summed E-state index contributed by atoms with van der Waals surface area (Å²) in [5, 5.41) is 24.0. The molecule has 0 aliphatic rings. The first-order chi connectivity index (χ1) is 9.38. The van der Waals surface area contributed by atoms with E-state index < -0.39 is 18.0 Å². The molecule has 0 heterocycles. The maximum Gasteiger partial charge on any atom is 0.333 e. The molecule has 116 valence electrons. The number of hydrogen-bond donors (Lipinski definition) is 3. The number of hydrogen-bond acceptors (Lipinski definition) is 7. The van der Waals surface area contributed by atoms with Crippen molar-refractivity contribution in [2.24, 2.45) is 0 Å². The van der Waals surface area contributed by atoms with Crippen LogP contribution in [0.25, 0.3) is 0 Å². The van der Waals surface area contributed by atoms with Crippen molar-refractivity contribution < 1.29 is 34.4 Å². The van der Waals surface area contributed by atoms with E-state index in [0.717, 1.165) is 6.08 Å². The van der Waals surface area contributed by atoms with E-state index in [9.17, 15) is 9.59 Å². The lowest BCUT2D eigenvalue weighted by molar-refractivity contribution is -0.140. The first-order valence-electron chi connectivity index (χ1n) is 5.90. The molecule has 0 atom stereocenters. The summed E-state index contributed by atoms with van der Waals surface area (Å²) in [4.78, 5) is 21.4. The second-order valence-electron chi connectivity index (χ2n) is 3.66. The van der Waals surface area contributed by atoms with Crippen LogP contribution in [-0.4, -0.2) is 59.8 Å². The maximum absolute atomic E-state index is 10.9. The van der Waals surface area contributed by atoms with Gasteiger partial charge in [-0.25, -0.2) is 9.59 Å². The minimum atomic E-state index is -0.954. The molecule has 0 spiro atoms. The third kappa shape index (κ3) is 14.4. The van der Waals surface area contributed by atoms with E-state index >= 15 is 0 Å². The Morgan fingerprint density at radius 1 is 1.20 bits per heavy atom. The molecule has 0 aliphatic carbocycles. The van der Waals surface area contributed by atoms with Crippen molar-refractivity contribution in [1.29, 1.82) is 0 Å². The van der Waals surface area contributed by atoms with E-state index in [1.807, 2.05) is 0 Å². The number of aliphatic hydroxyl groups is 3. The highest BCUT2D eigenvalue weighted by atomic mass is 16.5. The van der Waals surface area contributed by atoms with Crippen LogP contribution in [0.4, 0.5) is 0 Å². The summed E-state index contributed by atoms with van der Waals surface area (Å²) in [5.41, 5.74) is 0.355. The summed E-state index contributed by atoms with van der Waals surface area (Å²) in [5.74, 6) is -0.906. The predicted octanol–water partition coefficient (Wildman–Crippen LogP) is -0.443. The van der Waals surface area contributed by atoms with Gasteiger partial charge in [0.1, 0.15) is 6.10 Å². The summed E-state index contributed by atoms with van der Waals surface area (Å²) in [7, 11) is 0. The van der Waals surface area contributed by atoms with E-state index in [4.69, 9.17) is 20.1 Å². The van der Waals surface area contributed by atoms with Gasteiger partial charge in [0.15, 0.2) is 0 Å². The van der Waals surface area contributed by atoms with Gasteiger partial charge in [0, 0.05) is 18.1 Å². The highest BCUT2D eigenvalue weighted by Gasteiger charge is 2.02. The summed E-state index contributed by atoms with van der Waals surface area (Å²) < 4.78 is 9.43. The Hall–Kier alpha value is -1.70. The fourth-order valence-electron chi connectivity index (χ4n) is 0.636. The SMILES string of the molecule is C=CC(=O)OCCCOC(=O)C(=C)C.OCC(O)CO. The monoisotopic (exact) mass is 290 g/mol. The number of carbonyl (C=O) groups is 2. The van der Waals surface area contributed by atoms with Crippen molar-refractivity contribution in [3.63, 3.8) is 0 Å². The number of ether oxygens (including phenoxy) is 2. The van der Waals surface area contributed by atoms with Crippen molar-refractivity contribution in [2.75, 3.05) is 26.4 Å². The molecule has 0 aliphatic heterocycles. The molecular formula is C13H22O7. The number of carbonyl (C=O) groups excluding carboxylic acids is 2. The molecule has 0 aromatic rings. The Morgan fingerprint density at radius 2 is 1.70 bits per heavy atom. The van der Waals surface area contributed by atoms with Gasteiger partial charge in [0.25, 0.3) is 0 Å². The molecule has 0 aromatic carbocycles. The average molecular weight is 290 g/mol. The highest BCUT2D eigenvalue weighted by Crippen LogP contribution is 1.93.